The van der Waals surface area contributed by atoms with Gasteiger partial charge in [0.2, 0.25) is 0 Å². The van der Waals surface area contributed by atoms with Crippen LogP contribution in [0.15, 0.2) is 39.3 Å². The monoisotopic (exact) mass is 379 g/mol. The quantitative estimate of drug-likeness (QED) is 0.780. The lowest BCUT2D eigenvalue weighted by Gasteiger charge is -2.11. The summed E-state index contributed by atoms with van der Waals surface area (Å²) in [4.78, 5) is 1.06. The van der Waals surface area contributed by atoms with E-state index in [9.17, 15) is 0 Å². The van der Waals surface area contributed by atoms with E-state index in [-0.39, 0.29) is 6.04 Å². The molecule has 2 rings (SSSR count). The Balaban J connectivity index is 2.37. The number of hydrogen-bond donors (Lipinski definition) is 1. The maximum absolute atomic E-state index is 6.18. The molecule has 0 aliphatic heterocycles. The second-order valence-electron chi connectivity index (χ2n) is 3.32. The Hall–Kier alpha value is 0.130. The van der Waals surface area contributed by atoms with Gasteiger partial charge in [0.05, 0.1) is 10.4 Å². The number of benzene rings is 1. The van der Waals surface area contributed by atoms with Crippen molar-refractivity contribution in [3.8, 4) is 0 Å². The minimum Gasteiger partial charge on any atom is -0.320 e. The van der Waals surface area contributed by atoms with Gasteiger partial charge in [-0.1, -0.05) is 43.5 Å². The van der Waals surface area contributed by atoms with Gasteiger partial charge < -0.3 is 5.73 Å². The number of hydrogen-bond acceptors (Lipinski definition) is 2. The van der Waals surface area contributed by atoms with Crippen molar-refractivity contribution in [1.29, 1.82) is 0 Å². The maximum Gasteiger partial charge on any atom is 0.0931 e. The lowest BCUT2D eigenvalue weighted by molar-refractivity contribution is 0.891. The van der Waals surface area contributed by atoms with Gasteiger partial charge in [0.25, 0.3) is 0 Å². The molecule has 1 aromatic heterocycles. The van der Waals surface area contributed by atoms with Crippen LogP contribution in [0.3, 0.4) is 0 Å². The first-order valence-electron chi connectivity index (χ1n) is 4.53. The smallest absolute Gasteiger partial charge is 0.0931 e. The zero-order valence-corrected chi connectivity index (χ0v) is 12.8. The molecule has 0 spiro atoms. The number of thiophene rings is 1. The zero-order valence-electron chi connectivity index (χ0n) is 8.08. The minimum atomic E-state index is -0.133. The van der Waals surface area contributed by atoms with Crippen LogP contribution in [0.2, 0.25) is 4.34 Å². The SMILES string of the molecule is NC(c1cc(Br)cc(Br)c1)c1ccc(Cl)s1. The molecule has 2 aromatic rings. The van der Waals surface area contributed by atoms with Gasteiger partial charge in [-0.25, -0.2) is 0 Å². The molecular formula is C11H8Br2ClNS. The van der Waals surface area contributed by atoms with E-state index < -0.39 is 0 Å². The van der Waals surface area contributed by atoms with Crippen LogP contribution in [0.4, 0.5) is 0 Å². The fourth-order valence-electron chi connectivity index (χ4n) is 1.41. The van der Waals surface area contributed by atoms with Crippen molar-refractivity contribution in [2.45, 2.75) is 6.04 Å². The van der Waals surface area contributed by atoms with Crippen molar-refractivity contribution in [3.05, 3.63) is 54.1 Å². The van der Waals surface area contributed by atoms with E-state index in [1.807, 2.05) is 30.3 Å². The molecule has 5 heteroatoms. The minimum absolute atomic E-state index is 0.133. The Bertz CT molecular complexity index is 492. The van der Waals surface area contributed by atoms with Crippen LogP contribution in [0, 0.1) is 0 Å². The lowest BCUT2D eigenvalue weighted by atomic mass is 10.1. The fraction of sp³-hybridized carbons (Fsp3) is 0.0909. The third-order valence-corrected chi connectivity index (χ3v) is 4.37. The lowest BCUT2D eigenvalue weighted by Crippen LogP contribution is -2.10. The Morgan fingerprint density at radius 3 is 2.25 bits per heavy atom. The predicted octanol–water partition coefficient (Wildman–Crippen LogP) is 4.97. The summed E-state index contributed by atoms with van der Waals surface area (Å²) in [7, 11) is 0. The van der Waals surface area contributed by atoms with E-state index in [2.05, 4.69) is 31.9 Å². The largest absolute Gasteiger partial charge is 0.320 e. The van der Waals surface area contributed by atoms with Gasteiger partial charge in [-0.2, -0.15) is 0 Å². The summed E-state index contributed by atoms with van der Waals surface area (Å²) in [6.07, 6.45) is 0. The second kappa shape index (κ2) is 5.19. The molecule has 0 saturated carbocycles. The molecule has 0 aliphatic carbocycles. The molecule has 0 amide bonds. The van der Waals surface area contributed by atoms with E-state index in [0.29, 0.717) is 0 Å². The first-order valence-corrected chi connectivity index (χ1v) is 7.31. The summed E-state index contributed by atoms with van der Waals surface area (Å²) >= 11 is 14.3. The molecule has 0 saturated heterocycles. The highest BCUT2D eigenvalue weighted by Crippen LogP contribution is 2.31. The van der Waals surface area contributed by atoms with E-state index in [1.54, 1.807) is 0 Å². The van der Waals surface area contributed by atoms with Crippen LogP contribution >= 0.6 is 54.8 Å². The maximum atomic E-state index is 6.18. The van der Waals surface area contributed by atoms with Crippen LogP contribution < -0.4 is 5.73 Å². The molecule has 16 heavy (non-hydrogen) atoms. The van der Waals surface area contributed by atoms with E-state index in [1.165, 1.54) is 11.3 Å². The Morgan fingerprint density at radius 2 is 1.75 bits per heavy atom. The Labute approximate surface area is 120 Å². The van der Waals surface area contributed by atoms with Gasteiger partial charge in [-0.05, 0) is 35.9 Å². The van der Waals surface area contributed by atoms with Gasteiger partial charge >= 0.3 is 0 Å². The van der Waals surface area contributed by atoms with Crippen molar-refractivity contribution in [3.63, 3.8) is 0 Å². The van der Waals surface area contributed by atoms with E-state index in [0.717, 1.165) is 23.7 Å². The average molecular weight is 382 g/mol. The van der Waals surface area contributed by atoms with E-state index >= 15 is 0 Å². The summed E-state index contributed by atoms with van der Waals surface area (Å²) in [6, 6.07) is 9.72. The zero-order chi connectivity index (χ0) is 11.7. The fourth-order valence-corrected chi connectivity index (χ4v) is 3.83. The standard InChI is InChI=1S/C11H8Br2ClNS/c12-7-3-6(4-8(13)5-7)11(15)9-1-2-10(14)16-9/h1-5,11H,15H2. The van der Waals surface area contributed by atoms with Crippen molar-refractivity contribution < 1.29 is 0 Å². The summed E-state index contributed by atoms with van der Waals surface area (Å²) < 4.78 is 2.78. The topological polar surface area (TPSA) is 26.0 Å². The molecule has 1 aromatic carbocycles. The second-order valence-corrected chi connectivity index (χ2v) is 6.90. The van der Waals surface area contributed by atoms with Crippen molar-refractivity contribution in [1.82, 2.24) is 0 Å². The Kier molecular flexibility index (Phi) is 4.08. The van der Waals surface area contributed by atoms with Gasteiger partial charge in [-0.15, -0.1) is 11.3 Å². The summed E-state index contributed by atoms with van der Waals surface area (Å²) in [5.74, 6) is 0. The van der Waals surface area contributed by atoms with Gasteiger partial charge in [0.15, 0.2) is 0 Å². The first kappa shape index (κ1) is 12.6. The highest BCUT2D eigenvalue weighted by molar-refractivity contribution is 9.11. The van der Waals surface area contributed by atoms with Crippen LogP contribution in [-0.4, -0.2) is 0 Å². The highest BCUT2D eigenvalue weighted by atomic mass is 79.9. The average Bonchev–Trinajstić information content (AvgIpc) is 2.62. The predicted molar refractivity (Wildman–Crippen MR) is 77.2 cm³/mol. The number of halogens is 3. The molecule has 2 N–H and O–H groups in total. The number of nitrogens with two attached hydrogens (primary N) is 1. The van der Waals surface area contributed by atoms with E-state index in [4.69, 9.17) is 17.3 Å². The molecule has 0 bridgehead atoms. The van der Waals surface area contributed by atoms with Crippen LogP contribution in [0.5, 0.6) is 0 Å². The van der Waals surface area contributed by atoms with Crippen LogP contribution in [0.1, 0.15) is 16.5 Å². The van der Waals surface area contributed by atoms with Crippen molar-refractivity contribution in [2.24, 2.45) is 5.73 Å². The summed E-state index contributed by atoms with van der Waals surface area (Å²) in [5, 5.41) is 0. The van der Waals surface area contributed by atoms with Gasteiger partial charge in [0, 0.05) is 13.8 Å². The van der Waals surface area contributed by atoms with Gasteiger partial charge in [-0.3, -0.25) is 0 Å². The molecule has 1 nitrogen and oxygen atoms in total. The molecule has 1 unspecified atom stereocenters. The summed E-state index contributed by atoms with van der Waals surface area (Å²) in [5.41, 5.74) is 7.23. The normalized spacial score (nSPS) is 12.8. The Morgan fingerprint density at radius 1 is 1.12 bits per heavy atom. The summed E-state index contributed by atoms with van der Waals surface area (Å²) in [6.45, 7) is 0. The van der Waals surface area contributed by atoms with Crippen molar-refractivity contribution in [2.75, 3.05) is 0 Å². The highest BCUT2D eigenvalue weighted by Gasteiger charge is 2.12. The molecular weight excluding hydrogens is 373 g/mol. The molecule has 0 radical (unpaired) electrons. The third kappa shape index (κ3) is 2.87. The molecule has 84 valence electrons. The molecule has 0 aliphatic rings. The number of rotatable bonds is 2. The molecule has 1 heterocycles. The first-order chi connectivity index (χ1) is 7.56. The van der Waals surface area contributed by atoms with Crippen molar-refractivity contribution >= 4 is 54.8 Å². The molecule has 1 atom stereocenters. The third-order valence-electron chi connectivity index (χ3n) is 2.14. The van der Waals surface area contributed by atoms with Crippen LogP contribution in [-0.2, 0) is 0 Å². The van der Waals surface area contributed by atoms with Crippen LogP contribution in [0.25, 0.3) is 0 Å². The van der Waals surface area contributed by atoms with Gasteiger partial charge in [0.1, 0.15) is 0 Å². The molecule has 0 fully saturated rings.